The molecule has 0 aliphatic rings. The molecule has 0 aromatic heterocycles. The second-order valence-corrected chi connectivity index (χ2v) is 6.64. The predicted octanol–water partition coefficient (Wildman–Crippen LogP) is 1.68. The normalized spacial score (nSPS) is 13.5. The van der Waals surface area contributed by atoms with Crippen molar-refractivity contribution in [1.29, 1.82) is 0 Å². The molecule has 4 nitrogen and oxygen atoms in total. The minimum Gasteiger partial charge on any atom is -0.313 e. The summed E-state index contributed by atoms with van der Waals surface area (Å²) in [7, 11) is -3.41. The Morgan fingerprint density at radius 2 is 2.11 bits per heavy atom. The molecule has 18 heavy (non-hydrogen) atoms. The highest BCUT2D eigenvalue weighted by molar-refractivity contribution is 7.98. The maximum Gasteiger partial charge on any atom is 0.240 e. The lowest BCUT2D eigenvalue weighted by molar-refractivity contribution is 0.536. The predicted molar refractivity (Wildman–Crippen MR) is 76.6 cm³/mol. The van der Waals surface area contributed by atoms with E-state index in [2.05, 4.69) is 10.0 Å². The van der Waals surface area contributed by atoms with Crippen LogP contribution in [0.2, 0.25) is 0 Å². The standard InChI is InChI=1S/C12H20N2O2S2/c1-4-13-10(2)9-14-18(15,16)12-7-5-6-11(8-12)17-3/h5-8,10,13-14H,4,9H2,1-3H3/t10-/m1/s1. The molecule has 0 bridgehead atoms. The Morgan fingerprint density at radius 1 is 1.39 bits per heavy atom. The van der Waals surface area contributed by atoms with Crippen molar-refractivity contribution in [3.05, 3.63) is 24.3 Å². The molecule has 0 radical (unpaired) electrons. The van der Waals surface area contributed by atoms with E-state index in [1.807, 2.05) is 26.2 Å². The summed E-state index contributed by atoms with van der Waals surface area (Å²) < 4.78 is 26.7. The zero-order valence-electron chi connectivity index (χ0n) is 10.9. The average molecular weight is 288 g/mol. The third-order valence-electron chi connectivity index (χ3n) is 2.48. The molecule has 0 saturated carbocycles. The first-order valence-electron chi connectivity index (χ1n) is 5.86. The lowest BCUT2D eigenvalue weighted by Gasteiger charge is -2.13. The maximum absolute atomic E-state index is 12.1. The molecule has 0 aliphatic carbocycles. The smallest absolute Gasteiger partial charge is 0.240 e. The molecule has 0 aliphatic heterocycles. The van der Waals surface area contributed by atoms with Gasteiger partial charge in [0.2, 0.25) is 10.0 Å². The molecule has 1 aromatic rings. The van der Waals surface area contributed by atoms with Crippen LogP contribution in [0.3, 0.4) is 0 Å². The molecular weight excluding hydrogens is 268 g/mol. The molecule has 0 heterocycles. The Hall–Kier alpha value is -0.560. The van der Waals surface area contributed by atoms with E-state index in [9.17, 15) is 8.42 Å². The second-order valence-electron chi connectivity index (χ2n) is 3.99. The van der Waals surface area contributed by atoms with E-state index in [1.165, 1.54) is 11.8 Å². The van der Waals surface area contributed by atoms with E-state index in [0.717, 1.165) is 11.4 Å². The van der Waals surface area contributed by atoms with Crippen LogP contribution in [0, 0.1) is 0 Å². The van der Waals surface area contributed by atoms with Gasteiger partial charge >= 0.3 is 0 Å². The van der Waals surface area contributed by atoms with Gasteiger partial charge in [-0.15, -0.1) is 11.8 Å². The quantitative estimate of drug-likeness (QED) is 0.750. The lowest BCUT2D eigenvalue weighted by Crippen LogP contribution is -2.38. The highest BCUT2D eigenvalue weighted by Gasteiger charge is 2.15. The summed E-state index contributed by atoms with van der Waals surface area (Å²) >= 11 is 1.53. The Kier molecular flexibility index (Phi) is 6.14. The van der Waals surface area contributed by atoms with Gasteiger partial charge in [0.25, 0.3) is 0 Å². The Bertz CT molecular complexity index is 475. The van der Waals surface area contributed by atoms with E-state index in [4.69, 9.17) is 0 Å². The Labute approximate surface area is 114 Å². The fourth-order valence-corrected chi connectivity index (χ4v) is 3.22. The molecule has 0 spiro atoms. The number of rotatable bonds is 7. The molecule has 0 amide bonds. The van der Waals surface area contributed by atoms with Gasteiger partial charge in [0, 0.05) is 17.5 Å². The summed E-state index contributed by atoms with van der Waals surface area (Å²) in [6.45, 7) is 5.15. The lowest BCUT2D eigenvalue weighted by atomic mass is 10.3. The number of sulfonamides is 1. The highest BCUT2D eigenvalue weighted by Crippen LogP contribution is 2.18. The fraction of sp³-hybridized carbons (Fsp3) is 0.500. The van der Waals surface area contributed by atoms with E-state index in [-0.39, 0.29) is 6.04 Å². The van der Waals surface area contributed by atoms with Crippen LogP contribution in [-0.4, -0.2) is 33.8 Å². The summed E-state index contributed by atoms with van der Waals surface area (Å²) in [6, 6.07) is 7.07. The minimum absolute atomic E-state index is 0.119. The first kappa shape index (κ1) is 15.5. The van der Waals surface area contributed by atoms with Gasteiger partial charge in [-0.2, -0.15) is 0 Å². The Morgan fingerprint density at radius 3 is 2.72 bits per heavy atom. The zero-order valence-corrected chi connectivity index (χ0v) is 12.6. The molecule has 0 unspecified atom stereocenters. The van der Waals surface area contributed by atoms with Crippen molar-refractivity contribution in [2.24, 2.45) is 0 Å². The molecule has 1 atom stereocenters. The van der Waals surface area contributed by atoms with Gasteiger partial charge in [-0.3, -0.25) is 0 Å². The number of hydrogen-bond donors (Lipinski definition) is 2. The van der Waals surface area contributed by atoms with Crippen LogP contribution >= 0.6 is 11.8 Å². The maximum atomic E-state index is 12.1. The van der Waals surface area contributed by atoms with Gasteiger partial charge in [0.1, 0.15) is 0 Å². The third-order valence-corrected chi connectivity index (χ3v) is 4.63. The molecule has 0 fully saturated rings. The summed E-state index contributed by atoms with van der Waals surface area (Å²) in [5, 5.41) is 3.16. The van der Waals surface area contributed by atoms with Gasteiger partial charge in [-0.05, 0) is 37.9 Å². The van der Waals surface area contributed by atoms with Gasteiger partial charge in [-0.25, -0.2) is 13.1 Å². The molecule has 102 valence electrons. The number of benzene rings is 1. The van der Waals surface area contributed by atoms with E-state index in [1.54, 1.807) is 18.2 Å². The van der Waals surface area contributed by atoms with Crippen molar-refractivity contribution in [2.75, 3.05) is 19.3 Å². The summed E-state index contributed by atoms with van der Waals surface area (Å²) in [5.41, 5.74) is 0. The largest absolute Gasteiger partial charge is 0.313 e. The first-order chi connectivity index (χ1) is 8.49. The number of thioether (sulfide) groups is 1. The number of nitrogens with one attached hydrogen (secondary N) is 2. The summed E-state index contributed by atoms with van der Waals surface area (Å²) in [6.07, 6.45) is 1.92. The molecule has 0 saturated heterocycles. The van der Waals surface area contributed by atoms with E-state index in [0.29, 0.717) is 11.4 Å². The van der Waals surface area contributed by atoms with Crippen molar-refractivity contribution in [1.82, 2.24) is 10.0 Å². The van der Waals surface area contributed by atoms with Gasteiger partial charge in [0.05, 0.1) is 4.90 Å². The van der Waals surface area contributed by atoms with Crippen LogP contribution in [0.25, 0.3) is 0 Å². The van der Waals surface area contributed by atoms with Crippen molar-refractivity contribution in [3.8, 4) is 0 Å². The third kappa shape index (κ3) is 4.61. The van der Waals surface area contributed by atoms with Crippen LogP contribution in [0.5, 0.6) is 0 Å². The van der Waals surface area contributed by atoms with E-state index < -0.39 is 10.0 Å². The van der Waals surface area contributed by atoms with Crippen LogP contribution in [0.15, 0.2) is 34.1 Å². The molecule has 6 heteroatoms. The molecular formula is C12H20N2O2S2. The van der Waals surface area contributed by atoms with Crippen LogP contribution in [0.1, 0.15) is 13.8 Å². The van der Waals surface area contributed by atoms with Gasteiger partial charge < -0.3 is 5.32 Å². The van der Waals surface area contributed by atoms with Crippen molar-refractivity contribution in [2.45, 2.75) is 29.7 Å². The van der Waals surface area contributed by atoms with Crippen molar-refractivity contribution in [3.63, 3.8) is 0 Å². The van der Waals surface area contributed by atoms with Crippen LogP contribution in [0.4, 0.5) is 0 Å². The van der Waals surface area contributed by atoms with Gasteiger partial charge in [-0.1, -0.05) is 13.0 Å². The second kappa shape index (κ2) is 7.13. The first-order valence-corrected chi connectivity index (χ1v) is 8.57. The SMILES string of the molecule is CCN[C@H](C)CNS(=O)(=O)c1cccc(SC)c1. The monoisotopic (exact) mass is 288 g/mol. The van der Waals surface area contributed by atoms with Crippen molar-refractivity contribution >= 4 is 21.8 Å². The highest BCUT2D eigenvalue weighted by atomic mass is 32.2. The summed E-state index contributed by atoms with van der Waals surface area (Å²) in [4.78, 5) is 1.26. The molecule has 1 rings (SSSR count). The fourth-order valence-electron chi connectivity index (χ4n) is 1.51. The Balaban J connectivity index is 2.73. The van der Waals surface area contributed by atoms with E-state index >= 15 is 0 Å². The van der Waals surface area contributed by atoms with Crippen LogP contribution < -0.4 is 10.0 Å². The minimum atomic E-state index is -3.41. The van der Waals surface area contributed by atoms with Crippen molar-refractivity contribution < 1.29 is 8.42 Å². The molecule has 2 N–H and O–H groups in total. The topological polar surface area (TPSA) is 58.2 Å². The molecule has 1 aromatic carbocycles. The summed E-state index contributed by atoms with van der Waals surface area (Å²) in [5.74, 6) is 0. The van der Waals surface area contributed by atoms with Crippen LogP contribution in [-0.2, 0) is 10.0 Å². The van der Waals surface area contributed by atoms with Gasteiger partial charge in [0.15, 0.2) is 0 Å². The number of likely N-dealkylation sites (N-methyl/N-ethyl adjacent to an activating group) is 1. The average Bonchev–Trinajstić information content (AvgIpc) is 2.37. The zero-order chi connectivity index (χ0) is 13.6. The number of hydrogen-bond acceptors (Lipinski definition) is 4.